The lowest BCUT2D eigenvalue weighted by Gasteiger charge is -2.33. The monoisotopic (exact) mass is 389 g/mol. The number of amides is 2. The Kier molecular flexibility index (Phi) is 9.69. The van der Waals surface area contributed by atoms with Gasteiger partial charge in [0.2, 0.25) is 11.8 Å². The second-order valence-electron chi connectivity index (χ2n) is 8.30. The van der Waals surface area contributed by atoms with E-state index < -0.39 is 17.4 Å². The standard InChI is InChI=1S/C22H35N3O3/c1-7-8-14-18(15-23-28-16-17-12-10-9-11-13-17)20(26)24-19(22(2,3)4)21(27)25(5)6/h9-13,15,18-19H,7-8,14,16H2,1-6H3,(H,24,26)/b23-15+/t18?,19-/m1/s1. The van der Waals surface area contributed by atoms with Gasteiger partial charge in [-0.05, 0) is 17.4 Å². The number of rotatable bonds is 10. The van der Waals surface area contributed by atoms with Crippen LogP contribution in [0.2, 0.25) is 0 Å². The van der Waals surface area contributed by atoms with Gasteiger partial charge < -0.3 is 15.1 Å². The van der Waals surface area contributed by atoms with Gasteiger partial charge in [0.25, 0.3) is 0 Å². The van der Waals surface area contributed by atoms with Crippen LogP contribution in [0.3, 0.4) is 0 Å². The minimum atomic E-state index is -0.599. The third-order valence-electron chi connectivity index (χ3n) is 4.44. The van der Waals surface area contributed by atoms with Gasteiger partial charge in [-0.3, -0.25) is 9.59 Å². The highest BCUT2D eigenvalue weighted by Crippen LogP contribution is 2.21. The molecular weight excluding hydrogens is 354 g/mol. The molecule has 0 heterocycles. The van der Waals surface area contributed by atoms with E-state index in [4.69, 9.17) is 4.84 Å². The van der Waals surface area contributed by atoms with E-state index in [0.717, 1.165) is 18.4 Å². The number of carbonyl (C=O) groups is 2. The average molecular weight is 390 g/mol. The fourth-order valence-electron chi connectivity index (χ4n) is 2.66. The zero-order chi connectivity index (χ0) is 21.2. The molecule has 2 atom stereocenters. The summed E-state index contributed by atoms with van der Waals surface area (Å²) >= 11 is 0. The molecule has 6 heteroatoms. The number of oxime groups is 1. The third-order valence-corrected chi connectivity index (χ3v) is 4.44. The van der Waals surface area contributed by atoms with E-state index in [1.54, 1.807) is 20.3 Å². The van der Waals surface area contributed by atoms with Crippen molar-refractivity contribution < 1.29 is 14.4 Å². The lowest BCUT2D eigenvalue weighted by molar-refractivity contribution is -0.137. The molecule has 0 aromatic heterocycles. The van der Waals surface area contributed by atoms with Gasteiger partial charge >= 0.3 is 0 Å². The molecule has 1 aromatic carbocycles. The first-order valence-corrected chi connectivity index (χ1v) is 9.87. The van der Waals surface area contributed by atoms with Gasteiger partial charge in [-0.1, -0.05) is 76.0 Å². The first-order chi connectivity index (χ1) is 13.2. The lowest BCUT2D eigenvalue weighted by atomic mass is 9.85. The Morgan fingerprint density at radius 2 is 1.86 bits per heavy atom. The van der Waals surface area contributed by atoms with Gasteiger partial charge in [0, 0.05) is 14.1 Å². The van der Waals surface area contributed by atoms with E-state index in [9.17, 15) is 9.59 Å². The van der Waals surface area contributed by atoms with Crippen molar-refractivity contribution in [1.29, 1.82) is 0 Å². The predicted octanol–water partition coefficient (Wildman–Crippen LogP) is 3.61. The van der Waals surface area contributed by atoms with Crippen LogP contribution in [0.25, 0.3) is 0 Å². The van der Waals surface area contributed by atoms with Gasteiger partial charge in [-0.2, -0.15) is 0 Å². The maximum absolute atomic E-state index is 12.9. The van der Waals surface area contributed by atoms with Gasteiger partial charge in [0.15, 0.2) is 0 Å². The van der Waals surface area contributed by atoms with Crippen molar-refractivity contribution >= 4 is 18.0 Å². The maximum atomic E-state index is 12.9. The Balaban J connectivity index is 2.78. The van der Waals surface area contributed by atoms with Crippen LogP contribution < -0.4 is 5.32 Å². The number of hydrogen-bond acceptors (Lipinski definition) is 4. The Morgan fingerprint density at radius 1 is 1.21 bits per heavy atom. The van der Waals surface area contributed by atoms with Gasteiger partial charge in [-0.25, -0.2) is 0 Å². The van der Waals surface area contributed by atoms with Gasteiger partial charge in [0.05, 0.1) is 12.1 Å². The molecule has 28 heavy (non-hydrogen) atoms. The summed E-state index contributed by atoms with van der Waals surface area (Å²) in [5.74, 6) is -0.751. The van der Waals surface area contributed by atoms with E-state index in [2.05, 4.69) is 17.4 Å². The van der Waals surface area contributed by atoms with Crippen molar-refractivity contribution in [3.63, 3.8) is 0 Å². The summed E-state index contributed by atoms with van der Waals surface area (Å²) in [7, 11) is 3.39. The van der Waals surface area contributed by atoms with Crippen LogP contribution in [0.1, 0.15) is 52.5 Å². The summed E-state index contributed by atoms with van der Waals surface area (Å²) in [6, 6.07) is 9.13. The SMILES string of the molecule is CCCCC(/C=N/OCc1ccccc1)C(=O)N[C@H](C(=O)N(C)C)C(C)(C)C. The number of benzene rings is 1. The number of unbranched alkanes of at least 4 members (excludes halogenated alkanes) is 1. The number of likely N-dealkylation sites (N-methyl/N-ethyl adjacent to an activating group) is 1. The zero-order valence-corrected chi connectivity index (χ0v) is 18.1. The molecule has 0 aliphatic carbocycles. The maximum Gasteiger partial charge on any atom is 0.245 e. The van der Waals surface area contributed by atoms with Crippen molar-refractivity contribution in [3.05, 3.63) is 35.9 Å². The van der Waals surface area contributed by atoms with Crippen molar-refractivity contribution in [3.8, 4) is 0 Å². The highest BCUT2D eigenvalue weighted by atomic mass is 16.6. The topological polar surface area (TPSA) is 71.0 Å². The molecule has 0 radical (unpaired) electrons. The highest BCUT2D eigenvalue weighted by Gasteiger charge is 2.35. The summed E-state index contributed by atoms with van der Waals surface area (Å²) in [6.45, 7) is 8.25. The van der Waals surface area contributed by atoms with Crippen LogP contribution in [-0.2, 0) is 21.0 Å². The largest absolute Gasteiger partial charge is 0.391 e. The number of nitrogens with zero attached hydrogens (tertiary/aromatic N) is 2. The number of nitrogens with one attached hydrogen (secondary N) is 1. The molecule has 1 rings (SSSR count). The summed E-state index contributed by atoms with van der Waals surface area (Å²) in [5, 5.41) is 6.94. The summed E-state index contributed by atoms with van der Waals surface area (Å²) < 4.78 is 0. The second kappa shape index (κ2) is 11.5. The first kappa shape index (κ1) is 23.7. The van der Waals surface area contributed by atoms with Crippen LogP contribution in [0.15, 0.2) is 35.5 Å². The van der Waals surface area contributed by atoms with Crippen LogP contribution in [0, 0.1) is 11.3 Å². The fourth-order valence-corrected chi connectivity index (χ4v) is 2.66. The van der Waals surface area contributed by atoms with E-state index in [-0.39, 0.29) is 11.8 Å². The highest BCUT2D eigenvalue weighted by molar-refractivity contribution is 5.96. The van der Waals surface area contributed by atoms with Crippen molar-refractivity contribution in [2.45, 2.75) is 59.6 Å². The molecule has 0 saturated heterocycles. The lowest BCUT2D eigenvalue weighted by Crippen LogP contribution is -2.54. The van der Waals surface area contributed by atoms with Crippen molar-refractivity contribution in [2.75, 3.05) is 14.1 Å². The Bertz CT molecular complexity index is 636. The smallest absolute Gasteiger partial charge is 0.245 e. The molecule has 1 aromatic rings. The van der Waals surface area contributed by atoms with Crippen LogP contribution in [-0.4, -0.2) is 43.1 Å². The van der Waals surface area contributed by atoms with E-state index in [1.807, 2.05) is 51.1 Å². The summed E-state index contributed by atoms with van der Waals surface area (Å²) in [4.78, 5) is 32.3. The molecule has 1 unspecified atom stereocenters. The normalized spacial score (nSPS) is 13.8. The van der Waals surface area contributed by atoms with Crippen molar-refractivity contribution in [1.82, 2.24) is 10.2 Å². The first-order valence-electron chi connectivity index (χ1n) is 9.87. The molecule has 0 fully saturated rings. The fraction of sp³-hybridized carbons (Fsp3) is 0.591. The van der Waals surface area contributed by atoms with Crippen molar-refractivity contribution in [2.24, 2.45) is 16.5 Å². The average Bonchev–Trinajstić information content (AvgIpc) is 2.64. The van der Waals surface area contributed by atoms with Crippen LogP contribution >= 0.6 is 0 Å². The molecule has 0 aliphatic heterocycles. The number of hydrogen-bond donors (Lipinski definition) is 1. The van der Waals surface area contributed by atoms with Gasteiger partial charge in [0.1, 0.15) is 12.6 Å². The Labute approximate surface area is 169 Å². The van der Waals surface area contributed by atoms with Crippen LogP contribution in [0.4, 0.5) is 0 Å². The minimum Gasteiger partial charge on any atom is -0.391 e. The van der Waals surface area contributed by atoms with Crippen LogP contribution in [0.5, 0.6) is 0 Å². The van der Waals surface area contributed by atoms with E-state index in [0.29, 0.717) is 13.0 Å². The molecule has 0 spiro atoms. The van der Waals surface area contributed by atoms with E-state index in [1.165, 1.54) is 4.90 Å². The quantitative estimate of drug-likeness (QED) is 0.491. The molecule has 6 nitrogen and oxygen atoms in total. The predicted molar refractivity (Wildman–Crippen MR) is 113 cm³/mol. The Morgan fingerprint density at radius 3 is 2.39 bits per heavy atom. The molecule has 156 valence electrons. The van der Waals surface area contributed by atoms with Gasteiger partial charge in [-0.15, -0.1) is 0 Å². The minimum absolute atomic E-state index is 0.118. The zero-order valence-electron chi connectivity index (χ0n) is 18.1. The van der Waals surface area contributed by atoms with E-state index >= 15 is 0 Å². The molecule has 1 N–H and O–H groups in total. The number of carbonyl (C=O) groups excluding carboxylic acids is 2. The second-order valence-corrected chi connectivity index (χ2v) is 8.30. The summed E-state index contributed by atoms with van der Waals surface area (Å²) in [5.41, 5.74) is 0.617. The summed E-state index contributed by atoms with van der Waals surface area (Å²) in [6.07, 6.45) is 4.08. The molecular formula is C22H35N3O3. The molecule has 0 aliphatic rings. The molecule has 2 amide bonds. The molecule has 0 saturated carbocycles. The third kappa shape index (κ3) is 8.11. The molecule has 0 bridgehead atoms. The Hall–Kier alpha value is -2.37.